The van der Waals surface area contributed by atoms with Crippen molar-refractivity contribution in [3.8, 4) is 11.1 Å². The second-order valence-corrected chi connectivity index (χ2v) is 10.3. The Balaban J connectivity index is 1.70. The molecule has 0 radical (unpaired) electrons. The molecule has 39 heavy (non-hydrogen) atoms. The van der Waals surface area contributed by atoms with Gasteiger partial charge in [-0.15, -0.1) is 0 Å². The average Bonchev–Trinajstić information content (AvgIpc) is 3.21. The van der Waals surface area contributed by atoms with E-state index in [-0.39, 0.29) is 5.69 Å². The summed E-state index contributed by atoms with van der Waals surface area (Å²) in [5, 5.41) is 9.44. The number of hydrogen-bond acceptors (Lipinski definition) is 5. The first kappa shape index (κ1) is 27.6. The van der Waals surface area contributed by atoms with Gasteiger partial charge >= 0.3 is 6.09 Å². The number of aryl methyl sites for hydroxylation is 2. The van der Waals surface area contributed by atoms with Crippen LogP contribution in [0.3, 0.4) is 0 Å². The van der Waals surface area contributed by atoms with Gasteiger partial charge in [0.2, 0.25) is 5.91 Å². The second kappa shape index (κ2) is 11.5. The van der Waals surface area contributed by atoms with Crippen LogP contribution in [0.4, 0.5) is 14.9 Å². The second-order valence-electron chi connectivity index (χ2n) is 10.3. The molecule has 0 saturated heterocycles. The van der Waals surface area contributed by atoms with Gasteiger partial charge in [0, 0.05) is 17.2 Å². The van der Waals surface area contributed by atoms with Crippen molar-refractivity contribution in [2.45, 2.75) is 52.2 Å². The minimum Gasteiger partial charge on any atom is -0.444 e. The Kier molecular flexibility index (Phi) is 8.14. The van der Waals surface area contributed by atoms with Gasteiger partial charge in [-0.3, -0.25) is 4.79 Å². The van der Waals surface area contributed by atoms with Crippen LogP contribution >= 0.6 is 0 Å². The molecule has 1 atom stereocenters. The monoisotopic (exact) mass is 529 g/mol. The van der Waals surface area contributed by atoms with Crippen molar-refractivity contribution in [2.24, 2.45) is 0 Å². The highest BCUT2D eigenvalue weighted by atomic mass is 19.1. The zero-order chi connectivity index (χ0) is 28.2. The van der Waals surface area contributed by atoms with Gasteiger partial charge < -0.3 is 19.9 Å². The molecule has 0 spiro atoms. The third kappa shape index (κ3) is 6.71. The van der Waals surface area contributed by atoms with Crippen LogP contribution in [0.2, 0.25) is 0 Å². The molecule has 0 aliphatic heterocycles. The Morgan fingerprint density at radius 2 is 1.51 bits per heavy atom. The van der Waals surface area contributed by atoms with E-state index < -0.39 is 35.4 Å². The lowest BCUT2D eigenvalue weighted by Crippen LogP contribution is -2.49. The van der Waals surface area contributed by atoms with Crippen molar-refractivity contribution in [1.29, 1.82) is 0 Å². The van der Waals surface area contributed by atoms with Crippen molar-refractivity contribution < 1.29 is 23.2 Å². The van der Waals surface area contributed by atoms with Crippen LogP contribution in [-0.2, 0) is 9.53 Å². The van der Waals surface area contributed by atoms with E-state index in [4.69, 9.17) is 9.26 Å². The van der Waals surface area contributed by atoms with Crippen molar-refractivity contribution >= 4 is 17.7 Å². The van der Waals surface area contributed by atoms with E-state index in [0.29, 0.717) is 22.6 Å². The maximum atomic E-state index is 15.2. The van der Waals surface area contributed by atoms with E-state index in [1.165, 1.54) is 6.07 Å². The quantitative estimate of drug-likeness (QED) is 0.276. The fourth-order valence-electron chi connectivity index (χ4n) is 4.52. The van der Waals surface area contributed by atoms with E-state index in [1.807, 2.05) is 60.7 Å². The number of aromatic nitrogens is 1. The number of carbonyl (C=O) groups excluding carboxylic acids is 2. The highest BCUT2D eigenvalue weighted by Gasteiger charge is 2.34. The van der Waals surface area contributed by atoms with E-state index in [2.05, 4.69) is 15.8 Å². The van der Waals surface area contributed by atoms with E-state index in [9.17, 15) is 9.59 Å². The summed E-state index contributed by atoms with van der Waals surface area (Å²) in [6.45, 7) is 8.69. The van der Waals surface area contributed by atoms with Crippen molar-refractivity contribution in [3.63, 3.8) is 0 Å². The first-order chi connectivity index (χ1) is 18.5. The first-order valence-electron chi connectivity index (χ1n) is 12.7. The number of nitrogens with zero attached hydrogens (tertiary/aromatic N) is 1. The van der Waals surface area contributed by atoms with Gasteiger partial charge in [-0.2, -0.15) is 0 Å². The molecule has 1 aromatic heterocycles. The Hall–Kier alpha value is -4.46. The molecule has 0 aliphatic carbocycles. The molecule has 4 rings (SSSR count). The van der Waals surface area contributed by atoms with Gasteiger partial charge in [0.25, 0.3) is 0 Å². The van der Waals surface area contributed by atoms with Crippen LogP contribution in [0.5, 0.6) is 0 Å². The number of carbonyl (C=O) groups is 2. The fourth-order valence-corrected chi connectivity index (χ4v) is 4.52. The molecular formula is C31H32FN3O4. The summed E-state index contributed by atoms with van der Waals surface area (Å²) in [5.74, 6) is -1.12. The van der Waals surface area contributed by atoms with Gasteiger partial charge in [-0.25, -0.2) is 9.18 Å². The SMILES string of the molecule is Cc1noc(C)c1-c1ccc(NC(=O)[C@@H](NC(=O)OC(C)(C)C)C(c2ccccc2)c2ccccc2)cc1F. The summed E-state index contributed by atoms with van der Waals surface area (Å²) in [4.78, 5) is 26.7. The van der Waals surface area contributed by atoms with Gasteiger partial charge in [0.05, 0.1) is 11.3 Å². The van der Waals surface area contributed by atoms with E-state index in [0.717, 1.165) is 11.1 Å². The van der Waals surface area contributed by atoms with Gasteiger partial charge in [-0.1, -0.05) is 65.8 Å². The zero-order valence-electron chi connectivity index (χ0n) is 22.6. The smallest absolute Gasteiger partial charge is 0.408 e. The number of alkyl carbamates (subject to hydrolysis) is 1. The summed E-state index contributed by atoms with van der Waals surface area (Å²) >= 11 is 0. The maximum absolute atomic E-state index is 15.2. The molecule has 3 aromatic carbocycles. The molecule has 2 N–H and O–H groups in total. The van der Waals surface area contributed by atoms with E-state index in [1.54, 1.807) is 46.8 Å². The lowest BCUT2D eigenvalue weighted by molar-refractivity contribution is -0.118. The molecule has 202 valence electrons. The number of amides is 2. The fraction of sp³-hybridized carbons (Fsp3) is 0.258. The minimum absolute atomic E-state index is 0.240. The molecule has 4 aromatic rings. The first-order valence-corrected chi connectivity index (χ1v) is 12.7. The topological polar surface area (TPSA) is 93.5 Å². The normalized spacial score (nSPS) is 12.2. The third-order valence-electron chi connectivity index (χ3n) is 6.14. The standard InChI is InChI=1S/C31H32FN3O4/c1-19-26(20(2)39-35-19)24-17-16-23(18-25(24)32)33-29(36)28(34-30(37)38-31(3,4)5)27(21-12-8-6-9-13-21)22-14-10-7-11-15-22/h6-18,27-28H,1-5H3,(H,33,36)(H,34,37)/t28-/m0/s1. The molecule has 2 amide bonds. The molecule has 8 heteroatoms. The number of rotatable bonds is 7. The molecule has 0 aliphatic rings. The van der Waals surface area contributed by atoms with Gasteiger partial charge in [-0.05, 0) is 63.9 Å². The van der Waals surface area contributed by atoms with Gasteiger partial charge in [0.1, 0.15) is 23.2 Å². The molecule has 0 unspecified atom stereocenters. The predicted molar refractivity (Wildman–Crippen MR) is 148 cm³/mol. The minimum atomic E-state index is -1.07. The summed E-state index contributed by atoms with van der Waals surface area (Å²) in [6, 6.07) is 22.2. The zero-order valence-corrected chi connectivity index (χ0v) is 22.6. The molecular weight excluding hydrogens is 497 g/mol. The third-order valence-corrected chi connectivity index (χ3v) is 6.14. The van der Waals surface area contributed by atoms with Crippen molar-refractivity contribution in [3.05, 3.63) is 107 Å². The van der Waals surface area contributed by atoms with Crippen LogP contribution in [0.15, 0.2) is 83.4 Å². The summed E-state index contributed by atoms with van der Waals surface area (Å²) < 4.78 is 25.9. The van der Waals surface area contributed by atoms with Gasteiger partial charge in [0.15, 0.2) is 0 Å². The summed E-state index contributed by atoms with van der Waals surface area (Å²) in [5.41, 5.74) is 2.57. The highest BCUT2D eigenvalue weighted by molar-refractivity contribution is 5.98. The number of benzene rings is 3. The molecule has 7 nitrogen and oxygen atoms in total. The Labute approximate surface area is 227 Å². The van der Waals surface area contributed by atoms with Crippen LogP contribution < -0.4 is 10.6 Å². The Morgan fingerprint density at radius 3 is 2.00 bits per heavy atom. The molecule has 0 bridgehead atoms. The number of hydrogen-bond donors (Lipinski definition) is 2. The van der Waals surface area contributed by atoms with Crippen molar-refractivity contribution in [1.82, 2.24) is 10.5 Å². The summed E-state index contributed by atoms with van der Waals surface area (Å²) in [7, 11) is 0. The Morgan fingerprint density at radius 1 is 0.923 bits per heavy atom. The average molecular weight is 530 g/mol. The number of anilines is 1. The highest BCUT2D eigenvalue weighted by Crippen LogP contribution is 2.32. The maximum Gasteiger partial charge on any atom is 0.408 e. The number of ether oxygens (including phenoxy) is 1. The van der Waals surface area contributed by atoms with Crippen LogP contribution in [0.25, 0.3) is 11.1 Å². The van der Waals surface area contributed by atoms with Crippen LogP contribution in [-0.4, -0.2) is 28.8 Å². The summed E-state index contributed by atoms with van der Waals surface area (Å²) in [6.07, 6.45) is -0.737. The van der Waals surface area contributed by atoms with E-state index >= 15 is 4.39 Å². The lowest BCUT2D eigenvalue weighted by Gasteiger charge is -2.29. The number of nitrogens with one attached hydrogen (secondary N) is 2. The Bertz CT molecular complexity index is 1390. The largest absolute Gasteiger partial charge is 0.444 e. The molecule has 1 heterocycles. The van der Waals surface area contributed by atoms with Crippen LogP contribution in [0, 0.1) is 19.7 Å². The number of halogens is 1. The molecule has 0 saturated carbocycles. The van der Waals surface area contributed by atoms with Crippen molar-refractivity contribution in [2.75, 3.05) is 5.32 Å². The predicted octanol–water partition coefficient (Wildman–Crippen LogP) is 6.76. The van der Waals surface area contributed by atoms with Crippen LogP contribution in [0.1, 0.15) is 49.3 Å². The lowest BCUT2D eigenvalue weighted by atomic mass is 9.84. The molecule has 0 fully saturated rings.